The third-order valence-corrected chi connectivity index (χ3v) is 11.9. The van der Waals surface area contributed by atoms with Crippen LogP contribution in [0.3, 0.4) is 0 Å². The number of esters is 3. The van der Waals surface area contributed by atoms with Gasteiger partial charge in [-0.05, 0) is 116 Å². The molecule has 0 N–H and O–H groups in total. The molecule has 72 heavy (non-hydrogen) atoms. The van der Waals surface area contributed by atoms with Crippen molar-refractivity contribution in [1.29, 1.82) is 0 Å². The molecule has 1 unspecified atom stereocenters. The van der Waals surface area contributed by atoms with Crippen LogP contribution >= 0.6 is 0 Å². The average molecular weight is 996 g/mol. The molecule has 0 aliphatic rings. The van der Waals surface area contributed by atoms with E-state index in [1.165, 1.54) is 70.6 Å². The summed E-state index contributed by atoms with van der Waals surface area (Å²) >= 11 is 0. The molecule has 0 rings (SSSR count). The molecule has 0 heterocycles. The van der Waals surface area contributed by atoms with Gasteiger partial charge in [0.05, 0.1) is 0 Å². The first-order chi connectivity index (χ1) is 35.5. The summed E-state index contributed by atoms with van der Waals surface area (Å²) in [6, 6.07) is 0. The molecule has 6 nitrogen and oxygen atoms in total. The van der Waals surface area contributed by atoms with Gasteiger partial charge in [0.2, 0.25) is 0 Å². The van der Waals surface area contributed by atoms with Crippen LogP contribution in [-0.2, 0) is 28.6 Å². The molecule has 0 aromatic rings. The molecule has 1 atom stereocenters. The topological polar surface area (TPSA) is 78.9 Å². The molecule has 0 saturated carbocycles. The number of carbonyl (C=O) groups is 3. The molecule has 0 aliphatic carbocycles. The van der Waals surface area contributed by atoms with Crippen molar-refractivity contribution < 1.29 is 28.6 Å². The summed E-state index contributed by atoms with van der Waals surface area (Å²) in [5, 5.41) is 0. The minimum Gasteiger partial charge on any atom is -0.462 e. The predicted molar refractivity (Wildman–Crippen MR) is 311 cm³/mol. The maximum atomic E-state index is 12.8. The van der Waals surface area contributed by atoms with Gasteiger partial charge in [-0.1, -0.05) is 244 Å². The summed E-state index contributed by atoms with van der Waals surface area (Å²) in [5.41, 5.74) is 0. The zero-order valence-corrected chi connectivity index (χ0v) is 46.4. The Kier molecular flexibility index (Phi) is 55.5. The van der Waals surface area contributed by atoms with Crippen molar-refractivity contribution in [2.75, 3.05) is 13.2 Å². The minimum absolute atomic E-state index is 0.104. The van der Waals surface area contributed by atoms with E-state index in [-0.39, 0.29) is 37.5 Å². The Morgan fingerprint density at radius 3 is 0.917 bits per heavy atom. The Morgan fingerprint density at radius 2 is 0.556 bits per heavy atom. The number of ether oxygens (including phenoxy) is 3. The molecule has 0 aromatic carbocycles. The molecule has 406 valence electrons. The van der Waals surface area contributed by atoms with Crippen LogP contribution in [0.15, 0.2) is 134 Å². The summed E-state index contributed by atoms with van der Waals surface area (Å²) in [4.78, 5) is 38.0. The van der Waals surface area contributed by atoms with E-state index in [0.717, 1.165) is 128 Å². The summed E-state index contributed by atoms with van der Waals surface area (Å²) in [6.07, 6.45) is 83.2. The van der Waals surface area contributed by atoms with Crippen LogP contribution in [0.1, 0.15) is 245 Å². The number of unbranched alkanes of at least 4 members (excludes halogenated alkanes) is 18. The standard InChI is InChI=1S/C66H106O6/c1-4-7-10-13-16-19-21-23-25-27-28-29-30-31-32-33-34-35-36-37-38-39-41-42-44-47-50-53-56-59-65(68)71-62-63(61-70-64(67)58-55-52-49-46-18-15-12-9-6-3)72-66(69)60-57-54-51-48-45-43-40-26-24-22-20-17-14-11-8-5-2/h7,10,16,19-20,22-23,25-26,28-29,31-32,34-35,37-38,40-42,47,50,63H,4-6,8-9,11-15,17-18,21,24,27,30,33,36,39,43-46,48-49,51-62H2,1-3H3/b10-7-,19-16-,22-20-,25-23-,29-28-,32-31-,35-34-,38-37-,40-26-,42-41-,50-47-. The van der Waals surface area contributed by atoms with E-state index >= 15 is 0 Å². The van der Waals surface area contributed by atoms with Crippen molar-refractivity contribution in [3.63, 3.8) is 0 Å². The van der Waals surface area contributed by atoms with Gasteiger partial charge in [0, 0.05) is 19.3 Å². The van der Waals surface area contributed by atoms with Gasteiger partial charge in [-0.15, -0.1) is 0 Å². The van der Waals surface area contributed by atoms with Gasteiger partial charge in [-0.25, -0.2) is 0 Å². The van der Waals surface area contributed by atoms with Gasteiger partial charge in [-0.3, -0.25) is 14.4 Å². The molecule has 0 saturated heterocycles. The fourth-order valence-electron chi connectivity index (χ4n) is 7.53. The van der Waals surface area contributed by atoms with Crippen LogP contribution in [0, 0.1) is 0 Å². The number of hydrogen-bond acceptors (Lipinski definition) is 6. The van der Waals surface area contributed by atoms with E-state index in [2.05, 4.69) is 154 Å². The zero-order chi connectivity index (χ0) is 52.2. The first-order valence-electron chi connectivity index (χ1n) is 29.2. The van der Waals surface area contributed by atoms with Crippen molar-refractivity contribution >= 4 is 17.9 Å². The van der Waals surface area contributed by atoms with Crippen molar-refractivity contribution in [3.05, 3.63) is 134 Å². The van der Waals surface area contributed by atoms with Gasteiger partial charge in [0.25, 0.3) is 0 Å². The molecular formula is C66H106O6. The second kappa shape index (κ2) is 59.1. The maximum absolute atomic E-state index is 12.8. The minimum atomic E-state index is -0.811. The summed E-state index contributed by atoms with van der Waals surface area (Å²) in [5.74, 6) is -0.988. The third kappa shape index (κ3) is 56.5. The molecule has 0 bridgehead atoms. The second-order valence-electron chi connectivity index (χ2n) is 18.8. The monoisotopic (exact) mass is 995 g/mol. The van der Waals surface area contributed by atoms with Gasteiger partial charge < -0.3 is 14.2 Å². The van der Waals surface area contributed by atoms with Crippen molar-refractivity contribution in [1.82, 2.24) is 0 Å². The third-order valence-electron chi connectivity index (χ3n) is 11.9. The summed E-state index contributed by atoms with van der Waals surface area (Å²) in [7, 11) is 0. The molecule has 0 spiro atoms. The van der Waals surface area contributed by atoms with Gasteiger partial charge in [-0.2, -0.15) is 0 Å². The normalized spacial score (nSPS) is 13.1. The highest BCUT2D eigenvalue weighted by Gasteiger charge is 2.19. The molecule has 6 heteroatoms. The van der Waals surface area contributed by atoms with Gasteiger partial charge >= 0.3 is 17.9 Å². The smallest absolute Gasteiger partial charge is 0.306 e. The lowest BCUT2D eigenvalue weighted by Crippen LogP contribution is -2.30. The fraction of sp³-hybridized carbons (Fsp3) is 0.621. The van der Waals surface area contributed by atoms with Crippen LogP contribution in [-0.4, -0.2) is 37.2 Å². The molecule has 0 aliphatic heterocycles. The van der Waals surface area contributed by atoms with E-state index in [4.69, 9.17) is 14.2 Å². The lowest BCUT2D eigenvalue weighted by Gasteiger charge is -2.18. The highest BCUT2D eigenvalue weighted by molar-refractivity contribution is 5.71. The largest absolute Gasteiger partial charge is 0.462 e. The Morgan fingerprint density at radius 1 is 0.292 bits per heavy atom. The van der Waals surface area contributed by atoms with Crippen molar-refractivity contribution in [3.8, 4) is 0 Å². The Hall–Kier alpha value is -4.45. The molecule has 0 amide bonds. The van der Waals surface area contributed by atoms with Crippen LogP contribution in [0.5, 0.6) is 0 Å². The van der Waals surface area contributed by atoms with Crippen molar-refractivity contribution in [2.24, 2.45) is 0 Å². The lowest BCUT2D eigenvalue weighted by atomic mass is 10.1. The summed E-state index contributed by atoms with van der Waals surface area (Å²) in [6.45, 7) is 6.42. The first-order valence-corrected chi connectivity index (χ1v) is 29.2. The maximum Gasteiger partial charge on any atom is 0.306 e. The van der Waals surface area contributed by atoms with E-state index in [1.54, 1.807) is 0 Å². The molecule has 0 fully saturated rings. The lowest BCUT2D eigenvalue weighted by molar-refractivity contribution is -0.167. The van der Waals surface area contributed by atoms with E-state index in [0.29, 0.717) is 19.3 Å². The van der Waals surface area contributed by atoms with E-state index in [9.17, 15) is 14.4 Å². The molecular weight excluding hydrogens is 889 g/mol. The fourth-order valence-corrected chi connectivity index (χ4v) is 7.53. The Balaban J connectivity index is 4.39. The number of allylic oxidation sites excluding steroid dienone is 22. The number of rotatable bonds is 51. The number of carbonyl (C=O) groups excluding carboxylic acids is 3. The van der Waals surface area contributed by atoms with Crippen molar-refractivity contribution in [2.45, 2.75) is 252 Å². The molecule has 0 radical (unpaired) electrons. The quantitative estimate of drug-likeness (QED) is 0.0261. The Labute approximate surface area is 443 Å². The highest BCUT2D eigenvalue weighted by Crippen LogP contribution is 2.13. The van der Waals surface area contributed by atoms with Crippen LogP contribution < -0.4 is 0 Å². The zero-order valence-electron chi connectivity index (χ0n) is 46.4. The Bertz CT molecular complexity index is 1560. The molecule has 0 aromatic heterocycles. The van der Waals surface area contributed by atoms with E-state index in [1.807, 2.05) is 0 Å². The SMILES string of the molecule is CC/C=C\C/C=C\C/C=C\C/C=C\C/C=C\C/C=C\C/C=C\C/C=C\C/C=C\CCCC(=O)OCC(COC(=O)CCCCCCCCCCC)OC(=O)CCCCCCC/C=C\C/C=C\CCCCCC. The second-order valence-corrected chi connectivity index (χ2v) is 18.8. The van der Waals surface area contributed by atoms with Gasteiger partial charge in [0.1, 0.15) is 13.2 Å². The van der Waals surface area contributed by atoms with Crippen LogP contribution in [0.4, 0.5) is 0 Å². The predicted octanol–water partition coefficient (Wildman–Crippen LogP) is 19.8. The highest BCUT2D eigenvalue weighted by atomic mass is 16.6. The number of hydrogen-bond donors (Lipinski definition) is 0. The summed E-state index contributed by atoms with van der Waals surface area (Å²) < 4.78 is 16.7. The van der Waals surface area contributed by atoms with Crippen LogP contribution in [0.2, 0.25) is 0 Å². The van der Waals surface area contributed by atoms with Gasteiger partial charge in [0.15, 0.2) is 6.10 Å². The average Bonchev–Trinajstić information content (AvgIpc) is 3.38. The van der Waals surface area contributed by atoms with Crippen LogP contribution in [0.25, 0.3) is 0 Å². The van der Waals surface area contributed by atoms with E-state index < -0.39 is 6.10 Å². The first kappa shape index (κ1) is 67.5.